The number of halogens is 1. The maximum Gasteiger partial charge on any atom is 0.257 e. The van der Waals surface area contributed by atoms with Crippen molar-refractivity contribution in [2.24, 2.45) is 4.99 Å². The Bertz CT molecular complexity index is 1590. The Morgan fingerprint density at radius 3 is 2.47 bits per heavy atom. The van der Waals surface area contributed by atoms with E-state index in [-0.39, 0.29) is 35.5 Å². The second-order valence-corrected chi connectivity index (χ2v) is 13.8. The largest absolute Gasteiger partial charge is 0.438 e. The maximum atomic E-state index is 14.3. The number of thioether (sulfide) groups is 1. The molecule has 1 unspecified atom stereocenters. The van der Waals surface area contributed by atoms with Crippen LogP contribution in [0.1, 0.15) is 54.9 Å². The van der Waals surface area contributed by atoms with Gasteiger partial charge in [-0.1, -0.05) is 36.4 Å². The Morgan fingerprint density at radius 2 is 1.72 bits per heavy atom. The normalized spacial score (nSPS) is 21.6. The number of nitrogens with zero attached hydrogens (tertiary/aromatic N) is 3. The van der Waals surface area contributed by atoms with Crippen LogP contribution in [0.4, 0.5) is 4.39 Å². The molecular weight excluding hydrogens is 616 g/mol. The van der Waals surface area contributed by atoms with E-state index < -0.39 is 11.7 Å². The quantitative estimate of drug-likeness (QED) is 0.260. The van der Waals surface area contributed by atoms with Gasteiger partial charge in [-0.25, -0.2) is 9.37 Å². The number of nitrogens with one attached hydrogen (secondary N) is 3. The van der Waals surface area contributed by atoms with E-state index in [9.17, 15) is 14.0 Å². The van der Waals surface area contributed by atoms with Crippen LogP contribution in [0.2, 0.25) is 0 Å². The first-order chi connectivity index (χ1) is 22.9. The summed E-state index contributed by atoms with van der Waals surface area (Å²) in [5.41, 5.74) is 3.40. The molecular formula is C36H43FN6O3S. The molecule has 11 heteroatoms. The third kappa shape index (κ3) is 9.18. The molecule has 248 valence electrons. The highest BCUT2D eigenvalue weighted by molar-refractivity contribution is 8.14. The van der Waals surface area contributed by atoms with Crippen LogP contribution in [0.25, 0.3) is 11.1 Å². The third-order valence-corrected chi connectivity index (χ3v) is 10.0. The van der Waals surface area contributed by atoms with Gasteiger partial charge in [0.05, 0.1) is 11.2 Å². The van der Waals surface area contributed by atoms with E-state index in [2.05, 4.69) is 55.1 Å². The van der Waals surface area contributed by atoms with Gasteiger partial charge in [-0.3, -0.25) is 14.6 Å². The van der Waals surface area contributed by atoms with E-state index in [1.807, 2.05) is 25.1 Å². The molecule has 47 heavy (non-hydrogen) atoms. The number of ether oxygens (including phenoxy) is 1. The fraction of sp³-hybridized carbons (Fsp3) is 0.444. The first kappa shape index (κ1) is 33.1. The van der Waals surface area contributed by atoms with Gasteiger partial charge in [0.25, 0.3) is 5.91 Å². The summed E-state index contributed by atoms with van der Waals surface area (Å²) in [5.74, 6) is 0.165. The number of rotatable bonds is 11. The summed E-state index contributed by atoms with van der Waals surface area (Å²) in [4.78, 5) is 37.0. The van der Waals surface area contributed by atoms with Crippen molar-refractivity contribution < 1.29 is 18.7 Å². The van der Waals surface area contributed by atoms with Crippen LogP contribution < -0.4 is 20.7 Å². The van der Waals surface area contributed by atoms with E-state index in [0.717, 1.165) is 80.8 Å². The highest BCUT2D eigenvalue weighted by Gasteiger charge is 2.29. The van der Waals surface area contributed by atoms with Crippen LogP contribution in [0.5, 0.6) is 11.6 Å². The van der Waals surface area contributed by atoms with Gasteiger partial charge in [-0.05, 0) is 86.9 Å². The molecule has 6 rings (SSSR count). The minimum atomic E-state index is -0.612. The first-order valence-electron chi connectivity index (χ1n) is 16.6. The fourth-order valence-corrected chi connectivity index (χ4v) is 7.27. The molecule has 9 nitrogen and oxygen atoms in total. The lowest BCUT2D eigenvalue weighted by Crippen LogP contribution is -2.46. The molecule has 3 heterocycles. The number of piperazine rings is 1. The Labute approximate surface area is 280 Å². The number of hydrogen-bond acceptors (Lipinski definition) is 8. The molecule has 1 aromatic heterocycles. The zero-order valence-electron chi connectivity index (χ0n) is 26.8. The fourth-order valence-electron chi connectivity index (χ4n) is 6.44. The Kier molecular flexibility index (Phi) is 11.2. The molecule has 2 aliphatic heterocycles. The lowest BCUT2D eigenvalue weighted by molar-refractivity contribution is -0.122. The number of aromatic nitrogens is 1. The number of aliphatic imine (C=N–C) groups is 1. The van der Waals surface area contributed by atoms with Crippen molar-refractivity contribution in [3.05, 3.63) is 77.7 Å². The smallest absolute Gasteiger partial charge is 0.257 e. The highest BCUT2D eigenvalue weighted by Crippen LogP contribution is 2.30. The molecule has 0 radical (unpaired) electrons. The Balaban J connectivity index is 1.05. The zero-order chi connectivity index (χ0) is 32.6. The molecule has 2 aromatic carbocycles. The second-order valence-electron chi connectivity index (χ2n) is 12.5. The standard InChI is InChI=1S/C36H43FN6O3S/c1-24-40-33(23-47-24)35(45)42-30-12-10-29(11-13-30)41-34(44)32-21-28(37)22-39-36(32)46-31-9-3-8-27(20-31)26-7-2-5-25(19-26)6-4-16-43-17-14-38-15-18-43/h2-3,5,7-9,19-22,29-30,33,38H,4,6,10-18,23H2,1H3,(H,41,44)(H,42,45)/t29-,30+,33?. The molecule has 0 bridgehead atoms. The summed E-state index contributed by atoms with van der Waals surface area (Å²) in [7, 11) is 0. The van der Waals surface area contributed by atoms with Crippen LogP contribution in [-0.2, 0) is 11.2 Å². The average Bonchev–Trinajstić information content (AvgIpc) is 3.53. The second kappa shape index (κ2) is 15.9. The van der Waals surface area contributed by atoms with Crippen molar-refractivity contribution in [2.45, 2.75) is 63.6 Å². The molecule has 3 aromatic rings. The summed E-state index contributed by atoms with van der Waals surface area (Å²) in [6, 6.07) is 17.0. The lowest BCUT2D eigenvalue weighted by Gasteiger charge is -2.30. The molecule has 1 saturated heterocycles. The monoisotopic (exact) mass is 658 g/mol. The SMILES string of the molecule is CC1=NC(C(=O)N[C@H]2CC[C@@H](NC(=O)c3cc(F)cnc3Oc3cccc(-c4cccc(CCCN5CCNCC5)c4)c3)CC2)CS1. The van der Waals surface area contributed by atoms with Crippen LogP contribution in [-0.4, -0.2) is 83.3 Å². The highest BCUT2D eigenvalue weighted by atomic mass is 32.2. The summed E-state index contributed by atoms with van der Waals surface area (Å²) in [6.07, 6.45) is 6.07. The van der Waals surface area contributed by atoms with Gasteiger partial charge in [0.1, 0.15) is 23.2 Å². The van der Waals surface area contributed by atoms with Gasteiger partial charge >= 0.3 is 0 Å². The lowest BCUT2D eigenvalue weighted by atomic mass is 9.90. The van der Waals surface area contributed by atoms with Crippen LogP contribution >= 0.6 is 11.8 Å². The first-order valence-corrected chi connectivity index (χ1v) is 17.6. The van der Waals surface area contributed by atoms with Gasteiger partial charge in [0, 0.05) is 44.0 Å². The number of amides is 2. The number of carbonyl (C=O) groups excluding carboxylic acids is 2. The van der Waals surface area contributed by atoms with Gasteiger partial charge in [-0.15, -0.1) is 11.8 Å². The molecule has 0 spiro atoms. The van der Waals surface area contributed by atoms with Crippen LogP contribution in [0.3, 0.4) is 0 Å². The summed E-state index contributed by atoms with van der Waals surface area (Å²) >= 11 is 1.61. The Hall–Kier alpha value is -3.80. The predicted octanol–water partition coefficient (Wildman–Crippen LogP) is 5.21. The van der Waals surface area contributed by atoms with Gasteiger partial charge in [-0.2, -0.15) is 0 Å². The van der Waals surface area contributed by atoms with E-state index >= 15 is 0 Å². The van der Waals surface area contributed by atoms with Crippen LogP contribution in [0.15, 0.2) is 65.8 Å². The van der Waals surface area contributed by atoms with Crippen LogP contribution in [0, 0.1) is 5.82 Å². The van der Waals surface area contributed by atoms with Gasteiger partial charge < -0.3 is 25.6 Å². The number of carbonyl (C=O) groups is 2. The molecule has 1 atom stereocenters. The van der Waals surface area contributed by atoms with E-state index in [4.69, 9.17) is 4.74 Å². The minimum Gasteiger partial charge on any atom is -0.438 e. The molecule has 1 saturated carbocycles. The average molecular weight is 659 g/mol. The molecule has 2 fully saturated rings. The molecule has 3 aliphatic rings. The van der Waals surface area contributed by atoms with Crippen molar-refractivity contribution in [3.63, 3.8) is 0 Å². The van der Waals surface area contributed by atoms with E-state index in [1.54, 1.807) is 17.8 Å². The summed E-state index contributed by atoms with van der Waals surface area (Å²) < 4.78 is 20.4. The summed E-state index contributed by atoms with van der Waals surface area (Å²) in [6.45, 7) is 7.36. The maximum absolute atomic E-state index is 14.3. The number of pyridine rings is 1. The van der Waals surface area contributed by atoms with Crippen molar-refractivity contribution in [1.29, 1.82) is 0 Å². The van der Waals surface area contributed by atoms with E-state index in [1.165, 1.54) is 11.6 Å². The Morgan fingerprint density at radius 1 is 1.00 bits per heavy atom. The number of aryl methyl sites for hydroxylation is 1. The van der Waals surface area contributed by atoms with Crippen molar-refractivity contribution in [2.75, 3.05) is 38.5 Å². The topological polar surface area (TPSA) is 108 Å². The van der Waals surface area contributed by atoms with E-state index in [0.29, 0.717) is 24.3 Å². The predicted molar refractivity (Wildman–Crippen MR) is 185 cm³/mol. The number of benzene rings is 2. The zero-order valence-corrected chi connectivity index (χ0v) is 27.7. The number of hydrogen-bond donors (Lipinski definition) is 3. The third-order valence-electron chi connectivity index (χ3n) is 9.02. The van der Waals surface area contributed by atoms with Crippen molar-refractivity contribution >= 4 is 28.6 Å². The van der Waals surface area contributed by atoms with Gasteiger partial charge in [0.2, 0.25) is 11.8 Å². The van der Waals surface area contributed by atoms with Gasteiger partial charge in [0.15, 0.2) is 0 Å². The molecule has 1 aliphatic carbocycles. The van der Waals surface area contributed by atoms with Crippen molar-refractivity contribution in [3.8, 4) is 22.8 Å². The minimum absolute atomic E-state index is 0.0346. The molecule has 2 amide bonds. The van der Waals surface area contributed by atoms with Crippen molar-refractivity contribution in [1.82, 2.24) is 25.8 Å². The molecule has 3 N–H and O–H groups in total. The summed E-state index contributed by atoms with van der Waals surface area (Å²) in [5, 5.41) is 10.5.